The molecular weight excluding hydrogens is 308 g/mol. The van der Waals surface area contributed by atoms with Gasteiger partial charge in [0, 0.05) is 11.4 Å². The molecule has 2 aromatic carbocycles. The number of carbonyl (C=O) groups excluding carboxylic acids is 2. The third-order valence-electron chi connectivity index (χ3n) is 4.22. The number of cyclic esters (lactones) is 2. The van der Waals surface area contributed by atoms with Crippen LogP contribution in [-0.2, 0) is 9.47 Å². The van der Waals surface area contributed by atoms with E-state index in [1.54, 1.807) is 9.80 Å². The summed E-state index contributed by atoms with van der Waals surface area (Å²) in [4.78, 5) is 26.9. The van der Waals surface area contributed by atoms with Gasteiger partial charge in [-0.1, -0.05) is 30.3 Å². The summed E-state index contributed by atoms with van der Waals surface area (Å²) in [6, 6.07) is 16.9. The van der Waals surface area contributed by atoms with E-state index >= 15 is 0 Å². The smallest absolute Gasteiger partial charge is 0.415 e. The first-order valence-corrected chi connectivity index (χ1v) is 7.80. The molecule has 122 valence electrons. The van der Waals surface area contributed by atoms with Crippen LogP contribution in [-0.4, -0.2) is 31.9 Å². The van der Waals surface area contributed by atoms with Crippen LogP contribution in [0.25, 0.3) is 0 Å². The molecule has 1 unspecified atom stereocenters. The first-order valence-electron chi connectivity index (χ1n) is 7.80. The van der Waals surface area contributed by atoms with Crippen molar-refractivity contribution in [1.29, 1.82) is 0 Å². The van der Waals surface area contributed by atoms with Crippen molar-refractivity contribution in [2.24, 2.45) is 0 Å². The first-order chi connectivity index (χ1) is 11.7. The Kier molecular flexibility index (Phi) is 3.57. The molecular formula is C18H16N2O4. The Morgan fingerprint density at radius 2 is 1.50 bits per heavy atom. The Morgan fingerprint density at radius 1 is 0.833 bits per heavy atom. The molecule has 2 aliphatic rings. The van der Waals surface area contributed by atoms with Crippen molar-refractivity contribution >= 4 is 23.6 Å². The summed E-state index contributed by atoms with van der Waals surface area (Å²) in [6.45, 7) is 1.41. The molecule has 0 spiro atoms. The van der Waals surface area contributed by atoms with E-state index in [-0.39, 0.29) is 18.3 Å². The highest BCUT2D eigenvalue weighted by Crippen LogP contribution is 2.31. The molecule has 1 atom stereocenters. The number of ether oxygens (including phenoxy) is 2. The quantitative estimate of drug-likeness (QED) is 0.869. The van der Waals surface area contributed by atoms with Gasteiger partial charge >= 0.3 is 12.2 Å². The lowest BCUT2D eigenvalue weighted by atomic mass is 10.1. The standard InChI is InChI=1S/C18H16N2O4/c21-17-19(10-11-23-17)14-6-8-15(9-7-14)20-12-16(24-18(20)22)13-4-2-1-3-5-13/h1-9,16H,10-12H2. The Bertz CT molecular complexity index is 760. The minimum atomic E-state index is -0.364. The van der Waals surface area contributed by atoms with Gasteiger partial charge in [-0.05, 0) is 29.8 Å². The fourth-order valence-corrected chi connectivity index (χ4v) is 2.96. The largest absolute Gasteiger partial charge is 0.447 e. The number of carbonyl (C=O) groups is 2. The predicted octanol–water partition coefficient (Wildman–Crippen LogP) is 3.34. The Labute approximate surface area is 139 Å². The molecule has 0 bridgehead atoms. The van der Waals surface area contributed by atoms with Gasteiger partial charge in [0.2, 0.25) is 0 Å². The normalized spacial score (nSPS) is 20.2. The van der Waals surface area contributed by atoms with Gasteiger partial charge in [0.15, 0.2) is 0 Å². The maximum Gasteiger partial charge on any atom is 0.415 e. The van der Waals surface area contributed by atoms with Crippen LogP contribution in [0, 0.1) is 0 Å². The van der Waals surface area contributed by atoms with Crippen LogP contribution in [0.2, 0.25) is 0 Å². The van der Waals surface area contributed by atoms with Crippen LogP contribution >= 0.6 is 0 Å². The number of benzene rings is 2. The third kappa shape index (κ3) is 2.56. The summed E-state index contributed by atoms with van der Waals surface area (Å²) in [7, 11) is 0. The van der Waals surface area contributed by atoms with Crippen LogP contribution in [0.15, 0.2) is 54.6 Å². The molecule has 6 nitrogen and oxygen atoms in total. The van der Waals surface area contributed by atoms with Crippen LogP contribution in [0.1, 0.15) is 11.7 Å². The number of hydrogen-bond acceptors (Lipinski definition) is 4. The van der Waals surface area contributed by atoms with E-state index in [9.17, 15) is 9.59 Å². The molecule has 4 rings (SSSR count). The lowest BCUT2D eigenvalue weighted by molar-refractivity contribution is 0.142. The van der Waals surface area contributed by atoms with Crippen molar-refractivity contribution in [2.75, 3.05) is 29.5 Å². The summed E-state index contributed by atoms with van der Waals surface area (Å²) in [6.07, 6.45) is -0.975. The van der Waals surface area contributed by atoms with E-state index in [0.717, 1.165) is 16.9 Å². The average molecular weight is 324 g/mol. The Hall–Kier alpha value is -3.02. The van der Waals surface area contributed by atoms with Gasteiger partial charge in [-0.15, -0.1) is 0 Å². The third-order valence-corrected chi connectivity index (χ3v) is 4.22. The molecule has 24 heavy (non-hydrogen) atoms. The molecule has 2 aromatic rings. The fraction of sp³-hybridized carbons (Fsp3) is 0.222. The second kappa shape index (κ2) is 5.88. The lowest BCUT2D eigenvalue weighted by Crippen LogP contribution is -2.25. The van der Waals surface area contributed by atoms with Crippen molar-refractivity contribution in [3.8, 4) is 0 Å². The number of nitrogens with zero attached hydrogens (tertiary/aromatic N) is 2. The molecule has 2 heterocycles. The molecule has 0 radical (unpaired) electrons. The molecule has 2 aliphatic heterocycles. The van der Waals surface area contributed by atoms with Gasteiger partial charge < -0.3 is 9.47 Å². The summed E-state index contributed by atoms with van der Waals surface area (Å²) < 4.78 is 10.4. The Balaban J connectivity index is 1.51. The summed E-state index contributed by atoms with van der Waals surface area (Å²) in [5.74, 6) is 0. The summed E-state index contributed by atoms with van der Waals surface area (Å²) in [5.41, 5.74) is 2.48. The van der Waals surface area contributed by atoms with Gasteiger partial charge in [0.05, 0.1) is 13.1 Å². The number of hydrogen-bond donors (Lipinski definition) is 0. The van der Waals surface area contributed by atoms with E-state index in [2.05, 4.69) is 0 Å². The van der Waals surface area contributed by atoms with Crippen LogP contribution in [0.3, 0.4) is 0 Å². The molecule has 0 aromatic heterocycles. The summed E-state index contributed by atoms with van der Waals surface area (Å²) in [5, 5.41) is 0. The zero-order valence-corrected chi connectivity index (χ0v) is 12.9. The fourth-order valence-electron chi connectivity index (χ4n) is 2.96. The highest BCUT2D eigenvalue weighted by atomic mass is 16.6. The number of rotatable bonds is 3. The minimum absolute atomic E-state index is 0.271. The first kappa shape index (κ1) is 14.6. The Morgan fingerprint density at radius 3 is 2.12 bits per heavy atom. The topological polar surface area (TPSA) is 59.1 Å². The molecule has 0 aliphatic carbocycles. The van der Waals surface area contributed by atoms with Crippen molar-refractivity contribution in [1.82, 2.24) is 0 Å². The molecule has 6 heteroatoms. The predicted molar refractivity (Wildman–Crippen MR) is 88.1 cm³/mol. The van der Waals surface area contributed by atoms with Crippen molar-refractivity contribution in [2.45, 2.75) is 6.10 Å². The maximum absolute atomic E-state index is 12.2. The zero-order valence-electron chi connectivity index (χ0n) is 12.9. The minimum Gasteiger partial charge on any atom is -0.447 e. The van der Waals surface area contributed by atoms with Crippen LogP contribution < -0.4 is 9.80 Å². The molecule has 0 saturated carbocycles. The summed E-state index contributed by atoms with van der Waals surface area (Å²) >= 11 is 0. The van der Waals surface area contributed by atoms with E-state index in [0.29, 0.717) is 19.7 Å². The number of amides is 2. The van der Waals surface area contributed by atoms with Crippen LogP contribution in [0.5, 0.6) is 0 Å². The monoisotopic (exact) mass is 324 g/mol. The van der Waals surface area contributed by atoms with Crippen LogP contribution in [0.4, 0.5) is 21.0 Å². The van der Waals surface area contributed by atoms with Gasteiger partial charge in [0.25, 0.3) is 0 Å². The zero-order chi connectivity index (χ0) is 16.5. The van der Waals surface area contributed by atoms with E-state index < -0.39 is 0 Å². The molecule has 2 fully saturated rings. The molecule has 2 saturated heterocycles. The van der Waals surface area contributed by atoms with E-state index in [1.165, 1.54) is 0 Å². The van der Waals surface area contributed by atoms with Gasteiger partial charge in [0.1, 0.15) is 12.7 Å². The maximum atomic E-state index is 12.2. The SMILES string of the molecule is O=C1OCCN1c1ccc(N2CC(c3ccccc3)OC2=O)cc1. The number of anilines is 2. The van der Waals surface area contributed by atoms with E-state index in [4.69, 9.17) is 9.47 Å². The van der Waals surface area contributed by atoms with E-state index in [1.807, 2.05) is 54.6 Å². The second-order valence-corrected chi connectivity index (χ2v) is 5.68. The van der Waals surface area contributed by atoms with Crippen molar-refractivity contribution in [3.63, 3.8) is 0 Å². The van der Waals surface area contributed by atoms with Gasteiger partial charge in [-0.2, -0.15) is 0 Å². The van der Waals surface area contributed by atoms with Crippen molar-refractivity contribution in [3.05, 3.63) is 60.2 Å². The van der Waals surface area contributed by atoms with Gasteiger partial charge in [-0.25, -0.2) is 9.59 Å². The van der Waals surface area contributed by atoms with Crippen molar-refractivity contribution < 1.29 is 19.1 Å². The molecule has 0 N–H and O–H groups in total. The lowest BCUT2D eigenvalue weighted by Gasteiger charge is -2.16. The second-order valence-electron chi connectivity index (χ2n) is 5.68. The van der Waals surface area contributed by atoms with Gasteiger partial charge in [-0.3, -0.25) is 9.80 Å². The highest BCUT2D eigenvalue weighted by molar-refractivity contribution is 5.92. The average Bonchev–Trinajstić information content (AvgIpc) is 3.22. The highest BCUT2D eigenvalue weighted by Gasteiger charge is 2.33. The molecule has 2 amide bonds.